The van der Waals surface area contributed by atoms with E-state index in [9.17, 15) is 0 Å². The maximum absolute atomic E-state index is 5.91. The van der Waals surface area contributed by atoms with E-state index in [2.05, 4.69) is 0 Å². The Bertz CT molecular complexity index is 699. The van der Waals surface area contributed by atoms with Crippen LogP contribution in [0.4, 0.5) is 0 Å². The number of furan rings is 1. The predicted molar refractivity (Wildman–Crippen MR) is 74.8 cm³/mol. The molecule has 3 aromatic rings. The quantitative estimate of drug-likeness (QED) is 0.704. The number of methoxy groups -OCH3 is 2. The van der Waals surface area contributed by atoms with Gasteiger partial charge < -0.3 is 13.9 Å². The molecule has 3 nitrogen and oxygen atoms in total. The van der Waals surface area contributed by atoms with Crippen LogP contribution in [-0.4, -0.2) is 14.2 Å². The predicted octanol–water partition coefficient (Wildman–Crippen LogP) is 4.12. The van der Waals surface area contributed by atoms with Crippen LogP contribution in [-0.2, 0) is 0 Å². The molecule has 1 aromatic heterocycles. The smallest absolute Gasteiger partial charge is 0.204 e. The summed E-state index contributed by atoms with van der Waals surface area (Å²) < 4.78 is 16.6. The van der Waals surface area contributed by atoms with Gasteiger partial charge in [-0.2, -0.15) is 0 Å². The molecule has 96 valence electrons. The highest BCUT2D eigenvalue weighted by atomic mass is 16.5. The van der Waals surface area contributed by atoms with Crippen LogP contribution in [0.1, 0.15) is 0 Å². The van der Waals surface area contributed by atoms with Gasteiger partial charge in [0.05, 0.1) is 14.2 Å². The van der Waals surface area contributed by atoms with Crippen molar-refractivity contribution < 1.29 is 13.9 Å². The molecule has 0 bridgehead atoms. The lowest BCUT2D eigenvalue weighted by molar-refractivity contribution is 0.354. The molecule has 3 rings (SSSR count). The summed E-state index contributed by atoms with van der Waals surface area (Å²) in [6.07, 6.45) is 0. The summed E-state index contributed by atoms with van der Waals surface area (Å²) in [5.41, 5.74) is 1.75. The number of fused-ring (bicyclic) bond motifs is 1. The molecule has 0 saturated heterocycles. The van der Waals surface area contributed by atoms with E-state index in [1.807, 2.05) is 48.5 Å². The first-order valence-electron chi connectivity index (χ1n) is 6.03. The Morgan fingerprint density at radius 1 is 0.895 bits per heavy atom. The van der Waals surface area contributed by atoms with E-state index in [-0.39, 0.29) is 0 Å². The Morgan fingerprint density at radius 3 is 2.37 bits per heavy atom. The zero-order chi connectivity index (χ0) is 13.2. The zero-order valence-corrected chi connectivity index (χ0v) is 10.8. The summed E-state index contributed by atoms with van der Waals surface area (Å²) in [5.74, 6) is 2.12. The highest BCUT2D eigenvalue weighted by Gasteiger charge is 2.14. The summed E-state index contributed by atoms with van der Waals surface area (Å²) in [6, 6.07) is 15.8. The van der Waals surface area contributed by atoms with Crippen LogP contribution in [0, 0.1) is 0 Å². The maximum Gasteiger partial charge on any atom is 0.204 e. The molecule has 0 aliphatic carbocycles. The van der Waals surface area contributed by atoms with Crippen LogP contribution < -0.4 is 9.47 Å². The molecule has 0 spiro atoms. The molecule has 0 atom stereocenters. The van der Waals surface area contributed by atoms with E-state index < -0.39 is 0 Å². The number of hydrogen-bond donors (Lipinski definition) is 0. The Kier molecular flexibility index (Phi) is 2.88. The number of rotatable bonds is 3. The molecular weight excluding hydrogens is 240 g/mol. The first-order chi connectivity index (χ1) is 9.33. The van der Waals surface area contributed by atoms with Crippen LogP contribution in [0.2, 0.25) is 0 Å². The maximum atomic E-state index is 5.91. The molecule has 0 aliphatic rings. The summed E-state index contributed by atoms with van der Waals surface area (Å²) in [4.78, 5) is 0. The fourth-order valence-electron chi connectivity index (χ4n) is 2.16. The monoisotopic (exact) mass is 254 g/mol. The van der Waals surface area contributed by atoms with Crippen molar-refractivity contribution >= 4 is 11.0 Å². The molecular formula is C16H14O3. The fourth-order valence-corrected chi connectivity index (χ4v) is 2.16. The Morgan fingerprint density at radius 2 is 1.68 bits per heavy atom. The second-order valence-electron chi connectivity index (χ2n) is 4.20. The van der Waals surface area contributed by atoms with Crippen LogP contribution in [0.5, 0.6) is 11.5 Å². The van der Waals surface area contributed by atoms with Crippen LogP contribution >= 0.6 is 0 Å². The van der Waals surface area contributed by atoms with Gasteiger partial charge in [0.1, 0.15) is 5.76 Å². The van der Waals surface area contributed by atoms with Gasteiger partial charge >= 0.3 is 0 Å². The third-order valence-electron chi connectivity index (χ3n) is 3.09. The summed E-state index contributed by atoms with van der Waals surface area (Å²) >= 11 is 0. The van der Waals surface area contributed by atoms with Crippen molar-refractivity contribution in [2.24, 2.45) is 0 Å². The number of benzene rings is 2. The van der Waals surface area contributed by atoms with Gasteiger partial charge in [-0.3, -0.25) is 0 Å². The minimum absolute atomic E-state index is 0.627. The van der Waals surface area contributed by atoms with E-state index in [0.717, 1.165) is 16.7 Å². The van der Waals surface area contributed by atoms with E-state index in [1.165, 1.54) is 0 Å². The van der Waals surface area contributed by atoms with Crippen molar-refractivity contribution in [1.82, 2.24) is 0 Å². The summed E-state index contributed by atoms with van der Waals surface area (Å²) in [5, 5.41) is 0.997. The molecule has 0 saturated carbocycles. The van der Waals surface area contributed by atoms with Crippen LogP contribution in [0.15, 0.2) is 52.9 Å². The number of ether oxygens (including phenoxy) is 2. The summed E-state index contributed by atoms with van der Waals surface area (Å²) in [6.45, 7) is 0. The van der Waals surface area contributed by atoms with Crippen molar-refractivity contribution in [1.29, 1.82) is 0 Å². The molecule has 0 amide bonds. The zero-order valence-electron chi connectivity index (χ0n) is 10.8. The lowest BCUT2D eigenvalue weighted by Crippen LogP contribution is -1.89. The van der Waals surface area contributed by atoms with E-state index >= 15 is 0 Å². The van der Waals surface area contributed by atoms with Gasteiger partial charge in [0.25, 0.3) is 0 Å². The van der Waals surface area contributed by atoms with Crippen molar-refractivity contribution in [2.45, 2.75) is 0 Å². The van der Waals surface area contributed by atoms with Gasteiger partial charge in [-0.05, 0) is 18.2 Å². The fraction of sp³-hybridized carbons (Fsp3) is 0.125. The molecule has 0 fully saturated rings. The Balaban J connectivity index is 2.21. The first kappa shape index (κ1) is 11.7. The van der Waals surface area contributed by atoms with Gasteiger partial charge in [-0.1, -0.05) is 30.3 Å². The molecule has 2 aromatic carbocycles. The minimum atomic E-state index is 0.627. The molecule has 1 heterocycles. The highest BCUT2D eigenvalue weighted by molar-refractivity contribution is 5.89. The van der Waals surface area contributed by atoms with Gasteiger partial charge in [0.2, 0.25) is 5.75 Å². The van der Waals surface area contributed by atoms with Gasteiger partial charge in [-0.15, -0.1) is 0 Å². The molecule has 0 aliphatic heterocycles. The number of hydrogen-bond acceptors (Lipinski definition) is 3. The van der Waals surface area contributed by atoms with Crippen molar-refractivity contribution in [3.8, 4) is 22.8 Å². The van der Waals surface area contributed by atoms with Gasteiger partial charge in [-0.25, -0.2) is 0 Å². The van der Waals surface area contributed by atoms with E-state index in [1.54, 1.807) is 14.2 Å². The lowest BCUT2D eigenvalue weighted by atomic mass is 10.1. The second kappa shape index (κ2) is 4.69. The van der Waals surface area contributed by atoms with Crippen molar-refractivity contribution in [2.75, 3.05) is 14.2 Å². The summed E-state index contributed by atoms with van der Waals surface area (Å²) in [7, 11) is 3.23. The standard InChI is InChI=1S/C16H14O3/c1-17-13-9-8-12-10-14(11-6-4-3-5-7-11)19-15(12)16(13)18-2/h3-10H,1-2H3. The van der Waals surface area contributed by atoms with Crippen molar-refractivity contribution in [3.63, 3.8) is 0 Å². The highest BCUT2D eigenvalue weighted by Crippen LogP contribution is 2.39. The normalized spacial score (nSPS) is 10.6. The van der Waals surface area contributed by atoms with Crippen LogP contribution in [0.3, 0.4) is 0 Å². The molecule has 0 radical (unpaired) electrons. The van der Waals surface area contributed by atoms with Gasteiger partial charge in [0, 0.05) is 10.9 Å². The molecule has 0 unspecified atom stereocenters. The Hall–Kier alpha value is -2.42. The van der Waals surface area contributed by atoms with Gasteiger partial charge in [0.15, 0.2) is 11.3 Å². The topological polar surface area (TPSA) is 31.6 Å². The third-order valence-corrected chi connectivity index (χ3v) is 3.09. The molecule has 3 heteroatoms. The van der Waals surface area contributed by atoms with Crippen LogP contribution in [0.25, 0.3) is 22.3 Å². The van der Waals surface area contributed by atoms with E-state index in [4.69, 9.17) is 13.9 Å². The van der Waals surface area contributed by atoms with Crippen molar-refractivity contribution in [3.05, 3.63) is 48.5 Å². The largest absolute Gasteiger partial charge is 0.493 e. The first-order valence-corrected chi connectivity index (χ1v) is 6.03. The molecule has 0 N–H and O–H groups in total. The SMILES string of the molecule is COc1ccc2cc(-c3ccccc3)oc2c1OC. The van der Waals surface area contributed by atoms with E-state index in [0.29, 0.717) is 17.1 Å². The Labute approximate surface area is 111 Å². The average molecular weight is 254 g/mol. The average Bonchev–Trinajstić information content (AvgIpc) is 2.91. The minimum Gasteiger partial charge on any atom is -0.493 e. The third kappa shape index (κ3) is 1.93. The molecule has 19 heavy (non-hydrogen) atoms. The lowest BCUT2D eigenvalue weighted by Gasteiger charge is -2.06. The second-order valence-corrected chi connectivity index (χ2v) is 4.20.